The molecular formula is C21H31NO4Si. The van der Waals surface area contributed by atoms with Crippen molar-refractivity contribution in [2.24, 2.45) is 0 Å². The summed E-state index contributed by atoms with van der Waals surface area (Å²) in [6, 6.07) is 11.0. The number of aliphatic hydroxyl groups is 1. The fourth-order valence-corrected chi connectivity index (χ4v) is 3.45. The molecule has 1 aromatic heterocycles. The Morgan fingerprint density at radius 1 is 1.15 bits per heavy atom. The van der Waals surface area contributed by atoms with Crippen molar-refractivity contribution in [1.82, 2.24) is 4.98 Å². The Kier molecular flexibility index (Phi) is 7.03. The van der Waals surface area contributed by atoms with Crippen molar-refractivity contribution in [2.75, 3.05) is 6.61 Å². The molecule has 0 saturated carbocycles. The van der Waals surface area contributed by atoms with Gasteiger partial charge in [-0.05, 0) is 23.7 Å². The molecule has 6 heteroatoms. The van der Waals surface area contributed by atoms with Gasteiger partial charge in [0.15, 0.2) is 14.1 Å². The Balaban J connectivity index is 2.04. The van der Waals surface area contributed by atoms with E-state index in [1.165, 1.54) is 12.3 Å². The molecule has 0 amide bonds. The van der Waals surface area contributed by atoms with Crippen molar-refractivity contribution in [3.63, 3.8) is 0 Å². The van der Waals surface area contributed by atoms with E-state index in [1.54, 1.807) is 0 Å². The summed E-state index contributed by atoms with van der Waals surface area (Å²) in [5, 5.41) is 10.7. The molecule has 0 aliphatic carbocycles. The maximum Gasteiger partial charge on any atom is 0.223 e. The summed E-state index contributed by atoms with van der Waals surface area (Å²) in [5.74, 6) is 0.168. The summed E-state index contributed by atoms with van der Waals surface area (Å²) in [5.41, 5.74) is 1.11. The van der Waals surface area contributed by atoms with Gasteiger partial charge in [0.1, 0.15) is 6.61 Å². The van der Waals surface area contributed by atoms with Crippen molar-refractivity contribution >= 4 is 8.32 Å². The molecule has 1 atom stereocenters. The van der Waals surface area contributed by atoms with Crippen LogP contribution in [-0.4, -0.2) is 25.0 Å². The van der Waals surface area contributed by atoms with Gasteiger partial charge < -0.3 is 19.3 Å². The first-order valence-corrected chi connectivity index (χ1v) is 12.2. The number of rotatable bonds is 8. The first kappa shape index (κ1) is 21.4. The highest BCUT2D eigenvalue weighted by molar-refractivity contribution is 6.74. The van der Waals surface area contributed by atoms with Gasteiger partial charge in [0.25, 0.3) is 0 Å². The SMILES string of the molecule is CC(C)(C)[Si](C)(C)OCCC(O)c1[nH]ccc(=O)c1OCc1ccccc1. The minimum atomic E-state index is -1.87. The summed E-state index contributed by atoms with van der Waals surface area (Å²) in [6.45, 7) is 11.6. The number of hydrogen-bond acceptors (Lipinski definition) is 4. The van der Waals surface area contributed by atoms with Gasteiger partial charge in [0.2, 0.25) is 5.43 Å². The van der Waals surface area contributed by atoms with Crippen LogP contribution in [0.2, 0.25) is 18.1 Å². The number of ether oxygens (including phenoxy) is 1. The molecular weight excluding hydrogens is 358 g/mol. The molecule has 0 aliphatic rings. The van der Waals surface area contributed by atoms with Crippen LogP contribution in [0, 0.1) is 0 Å². The van der Waals surface area contributed by atoms with Gasteiger partial charge in [-0.25, -0.2) is 0 Å². The van der Waals surface area contributed by atoms with Crippen molar-refractivity contribution in [3.05, 3.63) is 64.1 Å². The summed E-state index contributed by atoms with van der Waals surface area (Å²) in [4.78, 5) is 15.2. The molecule has 1 unspecified atom stereocenters. The normalized spacial score (nSPS) is 13.4. The number of benzene rings is 1. The van der Waals surface area contributed by atoms with Crippen LogP contribution in [-0.2, 0) is 11.0 Å². The van der Waals surface area contributed by atoms with Gasteiger partial charge in [-0.3, -0.25) is 4.79 Å². The fraction of sp³-hybridized carbons (Fsp3) is 0.476. The second kappa shape index (κ2) is 8.86. The van der Waals surface area contributed by atoms with Crippen LogP contribution in [0.1, 0.15) is 44.6 Å². The number of nitrogens with one attached hydrogen (secondary N) is 1. The van der Waals surface area contributed by atoms with E-state index in [4.69, 9.17) is 9.16 Å². The van der Waals surface area contributed by atoms with Gasteiger partial charge in [0.05, 0.1) is 11.8 Å². The molecule has 0 saturated heterocycles. The van der Waals surface area contributed by atoms with E-state index in [-0.39, 0.29) is 22.8 Å². The van der Waals surface area contributed by atoms with E-state index in [2.05, 4.69) is 38.8 Å². The Morgan fingerprint density at radius 3 is 2.44 bits per heavy atom. The van der Waals surface area contributed by atoms with Crippen LogP contribution < -0.4 is 10.2 Å². The lowest BCUT2D eigenvalue weighted by Crippen LogP contribution is -2.41. The van der Waals surface area contributed by atoms with Crippen LogP contribution in [0.3, 0.4) is 0 Å². The molecule has 1 heterocycles. The molecule has 2 N–H and O–H groups in total. The van der Waals surface area contributed by atoms with Gasteiger partial charge in [0, 0.05) is 25.3 Å². The van der Waals surface area contributed by atoms with Gasteiger partial charge in [-0.15, -0.1) is 0 Å². The minimum Gasteiger partial charge on any atom is -0.483 e. The smallest absolute Gasteiger partial charge is 0.223 e. The van der Waals surface area contributed by atoms with Crippen molar-refractivity contribution in [3.8, 4) is 5.75 Å². The van der Waals surface area contributed by atoms with Crippen molar-refractivity contribution < 1.29 is 14.3 Å². The number of aliphatic hydroxyl groups excluding tert-OH is 1. The van der Waals surface area contributed by atoms with E-state index in [1.807, 2.05) is 30.3 Å². The zero-order valence-electron chi connectivity index (χ0n) is 16.9. The summed E-state index contributed by atoms with van der Waals surface area (Å²) >= 11 is 0. The molecule has 0 aliphatic heterocycles. The summed E-state index contributed by atoms with van der Waals surface area (Å²) < 4.78 is 11.9. The molecule has 148 valence electrons. The molecule has 1 aromatic carbocycles. The second-order valence-corrected chi connectivity index (χ2v) is 13.1. The molecule has 27 heavy (non-hydrogen) atoms. The number of aromatic nitrogens is 1. The highest BCUT2D eigenvalue weighted by Crippen LogP contribution is 2.37. The van der Waals surface area contributed by atoms with Crippen LogP contribution in [0.15, 0.2) is 47.4 Å². The lowest BCUT2D eigenvalue weighted by atomic mass is 10.1. The van der Waals surface area contributed by atoms with Crippen LogP contribution in [0.25, 0.3) is 0 Å². The Bertz CT molecular complexity index is 781. The average molecular weight is 390 g/mol. The van der Waals surface area contributed by atoms with Crippen LogP contribution >= 0.6 is 0 Å². The van der Waals surface area contributed by atoms with Gasteiger partial charge in [-0.1, -0.05) is 51.1 Å². The van der Waals surface area contributed by atoms with Crippen LogP contribution in [0.5, 0.6) is 5.75 Å². The predicted octanol–water partition coefficient (Wildman–Crippen LogP) is 4.40. The lowest BCUT2D eigenvalue weighted by Gasteiger charge is -2.36. The average Bonchev–Trinajstić information content (AvgIpc) is 2.60. The lowest BCUT2D eigenvalue weighted by molar-refractivity contribution is 0.127. The monoisotopic (exact) mass is 389 g/mol. The number of H-pyrrole nitrogens is 1. The van der Waals surface area contributed by atoms with E-state index in [9.17, 15) is 9.90 Å². The number of aromatic amines is 1. The molecule has 0 fully saturated rings. The van der Waals surface area contributed by atoms with Gasteiger partial charge >= 0.3 is 0 Å². The Hall–Kier alpha value is -1.89. The van der Waals surface area contributed by atoms with Crippen molar-refractivity contribution in [2.45, 2.75) is 58.0 Å². The molecule has 2 aromatic rings. The highest BCUT2D eigenvalue weighted by Gasteiger charge is 2.37. The van der Waals surface area contributed by atoms with E-state index < -0.39 is 14.4 Å². The Labute approximate surface area is 162 Å². The molecule has 0 spiro atoms. The zero-order chi connectivity index (χ0) is 20.1. The topological polar surface area (TPSA) is 71.5 Å². The molecule has 5 nitrogen and oxygen atoms in total. The number of pyridine rings is 1. The predicted molar refractivity (Wildman–Crippen MR) is 111 cm³/mol. The maximum absolute atomic E-state index is 12.2. The number of hydrogen-bond donors (Lipinski definition) is 2. The first-order chi connectivity index (χ1) is 12.6. The van der Waals surface area contributed by atoms with E-state index in [0.717, 1.165) is 5.56 Å². The zero-order valence-corrected chi connectivity index (χ0v) is 17.9. The standard InChI is InChI=1S/C21H31NO4Si/c1-21(2,3)27(4,5)26-14-12-17(23)19-20(18(24)11-13-22-19)25-15-16-9-7-6-8-10-16/h6-11,13,17,23H,12,14-15H2,1-5H3,(H,22,24). The van der Waals surface area contributed by atoms with Gasteiger partial charge in [-0.2, -0.15) is 0 Å². The highest BCUT2D eigenvalue weighted by atomic mass is 28.4. The fourth-order valence-electron chi connectivity index (χ4n) is 2.39. The van der Waals surface area contributed by atoms with E-state index >= 15 is 0 Å². The third kappa shape index (κ3) is 5.79. The molecule has 2 rings (SSSR count). The first-order valence-electron chi connectivity index (χ1n) is 9.32. The summed E-state index contributed by atoms with van der Waals surface area (Å²) in [7, 11) is -1.87. The maximum atomic E-state index is 12.2. The minimum absolute atomic E-state index is 0.114. The van der Waals surface area contributed by atoms with Crippen LogP contribution in [0.4, 0.5) is 0 Å². The van der Waals surface area contributed by atoms with Crippen molar-refractivity contribution in [1.29, 1.82) is 0 Å². The molecule has 0 radical (unpaired) electrons. The largest absolute Gasteiger partial charge is 0.483 e. The quantitative estimate of drug-likeness (QED) is 0.657. The third-order valence-corrected chi connectivity index (χ3v) is 9.70. The molecule has 0 bridgehead atoms. The second-order valence-electron chi connectivity index (χ2n) is 8.27. The third-order valence-electron chi connectivity index (χ3n) is 5.16. The van der Waals surface area contributed by atoms with E-state index in [0.29, 0.717) is 18.7 Å². The Morgan fingerprint density at radius 2 is 1.81 bits per heavy atom. The summed E-state index contributed by atoms with van der Waals surface area (Å²) in [6.07, 6.45) is 1.08.